The van der Waals surface area contributed by atoms with Crippen molar-refractivity contribution in [3.05, 3.63) is 40.9 Å². The summed E-state index contributed by atoms with van der Waals surface area (Å²) in [5, 5.41) is 3.60. The fourth-order valence-corrected chi connectivity index (χ4v) is 2.43. The van der Waals surface area contributed by atoms with E-state index in [0.29, 0.717) is 11.6 Å². The van der Waals surface area contributed by atoms with E-state index in [1.165, 1.54) is 0 Å². The van der Waals surface area contributed by atoms with E-state index in [9.17, 15) is 4.79 Å². The highest BCUT2D eigenvalue weighted by Gasteiger charge is 2.08. The van der Waals surface area contributed by atoms with Gasteiger partial charge < -0.3 is 10.1 Å². The number of unbranched alkanes of at least 4 members (excludes halogenated alkanes) is 1. The number of carbonyl (C=O) groups is 1. The Balaban J connectivity index is 1.56. The van der Waals surface area contributed by atoms with Crippen LogP contribution in [0.25, 0.3) is 6.08 Å². The molecule has 0 spiro atoms. The van der Waals surface area contributed by atoms with Crippen LogP contribution in [0.5, 0.6) is 0 Å². The molecule has 1 N–H and O–H groups in total. The maximum atomic E-state index is 11.7. The third kappa shape index (κ3) is 6.60. The lowest BCUT2D eigenvalue weighted by Gasteiger charge is -2.26. The first-order valence-electron chi connectivity index (χ1n) is 7.75. The molecule has 0 aromatic heterocycles. The molecular weight excluding hydrogens is 300 g/mol. The van der Waals surface area contributed by atoms with Gasteiger partial charge in [0.25, 0.3) is 0 Å². The number of morpholine rings is 1. The highest BCUT2D eigenvalue weighted by atomic mass is 35.5. The summed E-state index contributed by atoms with van der Waals surface area (Å²) in [4.78, 5) is 14.1. The lowest BCUT2D eigenvalue weighted by atomic mass is 10.2. The molecule has 1 aliphatic rings. The van der Waals surface area contributed by atoms with Crippen molar-refractivity contribution in [1.82, 2.24) is 10.2 Å². The molecule has 0 aliphatic carbocycles. The molecule has 1 heterocycles. The summed E-state index contributed by atoms with van der Waals surface area (Å²) in [5.41, 5.74) is 0.965. The number of nitrogens with one attached hydrogen (secondary N) is 1. The van der Waals surface area contributed by atoms with Gasteiger partial charge in [0.2, 0.25) is 5.91 Å². The minimum absolute atomic E-state index is 0.0543. The summed E-state index contributed by atoms with van der Waals surface area (Å²) in [6.07, 6.45) is 5.45. The Hall–Kier alpha value is -1.36. The maximum absolute atomic E-state index is 11.7. The van der Waals surface area contributed by atoms with Gasteiger partial charge >= 0.3 is 0 Å². The Bertz CT molecular complexity index is 482. The van der Waals surface area contributed by atoms with E-state index in [1.54, 1.807) is 12.2 Å². The Morgan fingerprint density at radius 1 is 1.23 bits per heavy atom. The second-order valence-electron chi connectivity index (χ2n) is 5.34. The Labute approximate surface area is 137 Å². The molecule has 0 bridgehead atoms. The highest BCUT2D eigenvalue weighted by molar-refractivity contribution is 6.30. The lowest BCUT2D eigenvalue weighted by Crippen LogP contribution is -2.37. The number of hydrogen-bond donors (Lipinski definition) is 1. The Kier molecular flexibility index (Phi) is 7.43. The molecule has 1 aliphatic heterocycles. The molecule has 1 amide bonds. The van der Waals surface area contributed by atoms with Gasteiger partial charge in [-0.3, -0.25) is 9.69 Å². The summed E-state index contributed by atoms with van der Waals surface area (Å²) in [6.45, 7) is 5.53. The molecule has 22 heavy (non-hydrogen) atoms. The van der Waals surface area contributed by atoms with Crippen LogP contribution >= 0.6 is 11.6 Å². The zero-order chi connectivity index (χ0) is 15.6. The zero-order valence-electron chi connectivity index (χ0n) is 12.8. The molecule has 1 aromatic rings. The van der Waals surface area contributed by atoms with E-state index < -0.39 is 0 Å². The first-order chi connectivity index (χ1) is 10.7. The smallest absolute Gasteiger partial charge is 0.243 e. The normalized spacial score (nSPS) is 16.0. The summed E-state index contributed by atoms with van der Waals surface area (Å²) in [7, 11) is 0. The average Bonchev–Trinajstić information content (AvgIpc) is 2.55. The lowest BCUT2D eigenvalue weighted by molar-refractivity contribution is -0.116. The van der Waals surface area contributed by atoms with Crippen LogP contribution in [0.1, 0.15) is 18.4 Å². The Morgan fingerprint density at radius 3 is 2.68 bits per heavy atom. The van der Waals surface area contributed by atoms with E-state index >= 15 is 0 Å². The standard InChI is InChI=1S/C17H23ClN2O2/c18-16-6-3-15(4-7-16)5-8-17(21)19-9-1-2-10-20-11-13-22-14-12-20/h3-8H,1-2,9-14H2,(H,19,21)/b8-5-. The van der Waals surface area contributed by atoms with Gasteiger partial charge in [0, 0.05) is 30.7 Å². The molecule has 0 atom stereocenters. The van der Waals surface area contributed by atoms with Crippen molar-refractivity contribution >= 4 is 23.6 Å². The SMILES string of the molecule is O=C(/C=C\c1ccc(Cl)cc1)NCCCCN1CCOCC1. The van der Waals surface area contributed by atoms with E-state index in [2.05, 4.69) is 10.2 Å². The van der Waals surface area contributed by atoms with Crippen molar-refractivity contribution in [3.8, 4) is 0 Å². The molecule has 2 rings (SSSR count). The molecular formula is C17H23ClN2O2. The molecule has 4 nitrogen and oxygen atoms in total. The first kappa shape index (κ1) is 17.0. The number of benzene rings is 1. The van der Waals surface area contributed by atoms with Gasteiger partial charge in [0.1, 0.15) is 0 Å². The van der Waals surface area contributed by atoms with Crippen LogP contribution in [-0.4, -0.2) is 50.2 Å². The van der Waals surface area contributed by atoms with E-state index in [-0.39, 0.29) is 5.91 Å². The van der Waals surface area contributed by atoms with Crippen molar-refractivity contribution in [1.29, 1.82) is 0 Å². The minimum atomic E-state index is -0.0543. The topological polar surface area (TPSA) is 41.6 Å². The number of hydrogen-bond acceptors (Lipinski definition) is 3. The monoisotopic (exact) mass is 322 g/mol. The van der Waals surface area contributed by atoms with Crippen molar-refractivity contribution < 1.29 is 9.53 Å². The summed E-state index contributed by atoms with van der Waals surface area (Å²) >= 11 is 5.81. The summed E-state index contributed by atoms with van der Waals surface area (Å²) in [5.74, 6) is -0.0543. The molecule has 1 saturated heterocycles. The van der Waals surface area contributed by atoms with E-state index in [0.717, 1.165) is 51.3 Å². The van der Waals surface area contributed by atoms with Crippen molar-refractivity contribution in [2.24, 2.45) is 0 Å². The number of rotatable bonds is 7. The number of nitrogens with zero attached hydrogens (tertiary/aromatic N) is 1. The second kappa shape index (κ2) is 9.62. The van der Waals surface area contributed by atoms with Crippen molar-refractivity contribution in [3.63, 3.8) is 0 Å². The minimum Gasteiger partial charge on any atom is -0.379 e. The van der Waals surface area contributed by atoms with Crippen LogP contribution in [0.15, 0.2) is 30.3 Å². The number of amides is 1. The number of ether oxygens (including phenoxy) is 1. The van der Waals surface area contributed by atoms with Gasteiger partial charge in [-0.05, 0) is 43.2 Å². The van der Waals surface area contributed by atoms with Gasteiger partial charge in [-0.15, -0.1) is 0 Å². The van der Waals surface area contributed by atoms with Crippen LogP contribution in [0.4, 0.5) is 0 Å². The van der Waals surface area contributed by atoms with Crippen LogP contribution in [0.2, 0.25) is 5.02 Å². The molecule has 1 aromatic carbocycles. The summed E-state index contributed by atoms with van der Waals surface area (Å²) < 4.78 is 5.31. The molecule has 5 heteroatoms. The van der Waals surface area contributed by atoms with Crippen molar-refractivity contribution in [2.45, 2.75) is 12.8 Å². The molecule has 0 saturated carbocycles. The predicted octanol–water partition coefficient (Wildman–Crippen LogP) is 2.58. The number of halogens is 1. The second-order valence-corrected chi connectivity index (χ2v) is 5.77. The van der Waals surface area contributed by atoms with Crippen molar-refractivity contribution in [2.75, 3.05) is 39.4 Å². The molecule has 0 unspecified atom stereocenters. The van der Waals surface area contributed by atoms with Gasteiger partial charge in [-0.2, -0.15) is 0 Å². The quantitative estimate of drug-likeness (QED) is 0.619. The van der Waals surface area contributed by atoms with E-state index in [1.807, 2.05) is 24.3 Å². The van der Waals surface area contributed by atoms with Crippen LogP contribution in [-0.2, 0) is 9.53 Å². The van der Waals surface area contributed by atoms with Gasteiger partial charge in [-0.1, -0.05) is 23.7 Å². The largest absolute Gasteiger partial charge is 0.379 e. The predicted molar refractivity (Wildman–Crippen MR) is 90.0 cm³/mol. The van der Waals surface area contributed by atoms with Gasteiger partial charge in [0.15, 0.2) is 0 Å². The Morgan fingerprint density at radius 2 is 1.95 bits per heavy atom. The maximum Gasteiger partial charge on any atom is 0.243 e. The van der Waals surface area contributed by atoms with Gasteiger partial charge in [-0.25, -0.2) is 0 Å². The molecule has 120 valence electrons. The third-order valence-corrected chi connectivity index (χ3v) is 3.85. The zero-order valence-corrected chi connectivity index (χ0v) is 13.5. The number of carbonyl (C=O) groups excluding carboxylic acids is 1. The molecule has 1 fully saturated rings. The fourth-order valence-electron chi connectivity index (χ4n) is 2.30. The van der Waals surface area contributed by atoms with Crippen LogP contribution in [0, 0.1) is 0 Å². The first-order valence-corrected chi connectivity index (χ1v) is 8.13. The highest BCUT2D eigenvalue weighted by Crippen LogP contribution is 2.10. The molecule has 0 radical (unpaired) electrons. The van der Waals surface area contributed by atoms with E-state index in [4.69, 9.17) is 16.3 Å². The summed E-state index contributed by atoms with van der Waals surface area (Å²) in [6, 6.07) is 7.39. The van der Waals surface area contributed by atoms with Crippen LogP contribution < -0.4 is 5.32 Å². The average molecular weight is 323 g/mol. The van der Waals surface area contributed by atoms with Crippen LogP contribution in [0.3, 0.4) is 0 Å². The third-order valence-electron chi connectivity index (χ3n) is 3.60. The van der Waals surface area contributed by atoms with Gasteiger partial charge in [0.05, 0.1) is 13.2 Å². The fraction of sp³-hybridized carbons (Fsp3) is 0.471.